The van der Waals surface area contributed by atoms with E-state index < -0.39 is 0 Å². The Kier molecular flexibility index (Phi) is 5.07. The zero-order valence-corrected chi connectivity index (χ0v) is 9.35. The first-order valence-corrected chi connectivity index (χ1v) is 5.05. The minimum atomic E-state index is 0.732. The lowest BCUT2D eigenvalue weighted by molar-refractivity contribution is 0.111. The van der Waals surface area contributed by atoms with E-state index in [2.05, 4.69) is 4.90 Å². The van der Waals surface area contributed by atoms with Crippen molar-refractivity contribution in [2.45, 2.75) is 6.54 Å². The molecule has 1 heterocycles. The van der Waals surface area contributed by atoms with Gasteiger partial charge in [-0.05, 0) is 19.2 Å². The van der Waals surface area contributed by atoms with Gasteiger partial charge >= 0.3 is 0 Å². The zero-order valence-electron chi connectivity index (χ0n) is 9.35. The molecule has 0 aliphatic heterocycles. The minimum Gasteiger partial charge on any atom is -0.383 e. The Morgan fingerprint density at radius 3 is 3.00 bits per heavy atom. The zero-order chi connectivity index (χ0) is 11.1. The maximum absolute atomic E-state index is 10.7. The van der Waals surface area contributed by atoms with Crippen molar-refractivity contribution in [3.05, 3.63) is 24.0 Å². The predicted octanol–water partition coefficient (Wildman–Crippen LogP) is 0.879. The van der Waals surface area contributed by atoms with E-state index in [-0.39, 0.29) is 0 Å². The van der Waals surface area contributed by atoms with Gasteiger partial charge in [0, 0.05) is 32.9 Å². The quantitative estimate of drug-likeness (QED) is 0.626. The first-order chi connectivity index (χ1) is 7.27. The van der Waals surface area contributed by atoms with Crippen LogP contribution in [0, 0.1) is 0 Å². The van der Waals surface area contributed by atoms with Gasteiger partial charge in [-0.15, -0.1) is 0 Å². The summed E-state index contributed by atoms with van der Waals surface area (Å²) < 4.78 is 6.94. The molecule has 0 aliphatic rings. The number of methoxy groups -OCH3 is 1. The Labute approximate surface area is 90.4 Å². The molecule has 0 radical (unpaired) electrons. The van der Waals surface area contributed by atoms with E-state index in [4.69, 9.17) is 4.74 Å². The summed E-state index contributed by atoms with van der Waals surface area (Å²) in [5.41, 5.74) is 0.732. The van der Waals surface area contributed by atoms with E-state index in [9.17, 15) is 4.79 Å². The maximum atomic E-state index is 10.7. The third kappa shape index (κ3) is 3.85. The number of aromatic nitrogens is 1. The van der Waals surface area contributed by atoms with E-state index in [1.807, 2.05) is 29.9 Å². The average molecular weight is 210 g/mol. The molecule has 1 rings (SSSR count). The smallest absolute Gasteiger partial charge is 0.166 e. The van der Waals surface area contributed by atoms with Gasteiger partial charge in [0.05, 0.1) is 12.3 Å². The molecular formula is C11H18N2O2. The maximum Gasteiger partial charge on any atom is 0.166 e. The molecule has 4 nitrogen and oxygen atoms in total. The first-order valence-electron chi connectivity index (χ1n) is 5.05. The molecule has 0 saturated heterocycles. The van der Waals surface area contributed by atoms with Crippen LogP contribution in [0.25, 0.3) is 0 Å². The van der Waals surface area contributed by atoms with Gasteiger partial charge in [-0.25, -0.2) is 0 Å². The molecule has 84 valence electrons. The lowest BCUT2D eigenvalue weighted by Gasteiger charge is -2.16. The highest BCUT2D eigenvalue weighted by molar-refractivity contribution is 5.72. The van der Waals surface area contributed by atoms with Gasteiger partial charge < -0.3 is 14.2 Å². The molecule has 0 spiro atoms. The van der Waals surface area contributed by atoms with Crippen molar-refractivity contribution < 1.29 is 9.53 Å². The standard InChI is InChI=1S/C11H18N2O2/c1-12(8-9-15-2)6-7-13-5-3-4-11(13)10-14/h3-5,10H,6-9H2,1-2H3. The number of aldehydes is 1. The normalized spacial score (nSPS) is 10.9. The molecule has 0 unspecified atom stereocenters. The Morgan fingerprint density at radius 2 is 2.33 bits per heavy atom. The van der Waals surface area contributed by atoms with Crippen LogP contribution in [0.2, 0.25) is 0 Å². The van der Waals surface area contributed by atoms with Crippen LogP contribution >= 0.6 is 0 Å². The van der Waals surface area contributed by atoms with Gasteiger partial charge in [-0.2, -0.15) is 0 Å². The Balaban J connectivity index is 2.33. The summed E-state index contributed by atoms with van der Waals surface area (Å²) >= 11 is 0. The third-order valence-electron chi connectivity index (χ3n) is 2.39. The van der Waals surface area contributed by atoms with Crippen LogP contribution in [-0.4, -0.2) is 49.6 Å². The van der Waals surface area contributed by atoms with Gasteiger partial charge in [-0.1, -0.05) is 0 Å². The number of carbonyl (C=O) groups is 1. The second kappa shape index (κ2) is 6.37. The summed E-state index contributed by atoms with van der Waals surface area (Å²) in [6.07, 6.45) is 2.81. The molecule has 0 aromatic carbocycles. The number of hydrogen-bond donors (Lipinski definition) is 0. The summed E-state index contributed by atoms with van der Waals surface area (Å²) in [5.74, 6) is 0. The lowest BCUT2D eigenvalue weighted by atomic mass is 10.4. The molecule has 0 bridgehead atoms. The van der Waals surface area contributed by atoms with E-state index in [0.717, 1.165) is 38.2 Å². The fraction of sp³-hybridized carbons (Fsp3) is 0.545. The number of nitrogens with zero attached hydrogens (tertiary/aromatic N) is 2. The third-order valence-corrected chi connectivity index (χ3v) is 2.39. The lowest BCUT2D eigenvalue weighted by Crippen LogP contribution is -2.26. The molecule has 0 N–H and O–H groups in total. The van der Waals surface area contributed by atoms with E-state index in [1.165, 1.54) is 0 Å². The molecule has 0 saturated carbocycles. The fourth-order valence-corrected chi connectivity index (χ4v) is 1.38. The van der Waals surface area contributed by atoms with Crippen LogP contribution in [0.1, 0.15) is 10.5 Å². The molecule has 0 atom stereocenters. The van der Waals surface area contributed by atoms with Gasteiger partial charge in [0.1, 0.15) is 0 Å². The van der Waals surface area contributed by atoms with Gasteiger partial charge in [-0.3, -0.25) is 4.79 Å². The van der Waals surface area contributed by atoms with Crippen molar-refractivity contribution in [3.8, 4) is 0 Å². The largest absolute Gasteiger partial charge is 0.383 e. The van der Waals surface area contributed by atoms with Crippen molar-refractivity contribution in [3.63, 3.8) is 0 Å². The first kappa shape index (κ1) is 11.9. The van der Waals surface area contributed by atoms with Crippen LogP contribution in [0.4, 0.5) is 0 Å². The van der Waals surface area contributed by atoms with Crippen LogP contribution in [0.5, 0.6) is 0 Å². The van der Waals surface area contributed by atoms with Crippen molar-refractivity contribution in [2.75, 3.05) is 33.9 Å². The monoisotopic (exact) mass is 210 g/mol. The van der Waals surface area contributed by atoms with Crippen molar-refractivity contribution in [2.24, 2.45) is 0 Å². The van der Waals surface area contributed by atoms with E-state index >= 15 is 0 Å². The molecule has 1 aromatic heterocycles. The van der Waals surface area contributed by atoms with Gasteiger partial charge in [0.25, 0.3) is 0 Å². The highest BCUT2D eigenvalue weighted by Crippen LogP contribution is 1.99. The molecule has 15 heavy (non-hydrogen) atoms. The Bertz CT molecular complexity index is 297. The molecule has 1 aromatic rings. The van der Waals surface area contributed by atoms with Crippen molar-refractivity contribution in [1.82, 2.24) is 9.47 Å². The molecule has 0 aliphatic carbocycles. The summed E-state index contributed by atoms with van der Waals surface area (Å²) in [6, 6.07) is 3.71. The number of likely N-dealkylation sites (N-methyl/N-ethyl adjacent to an activating group) is 1. The predicted molar refractivity (Wildman–Crippen MR) is 59.2 cm³/mol. The number of ether oxygens (including phenoxy) is 1. The van der Waals surface area contributed by atoms with Crippen molar-refractivity contribution >= 4 is 6.29 Å². The van der Waals surface area contributed by atoms with Crippen LogP contribution in [-0.2, 0) is 11.3 Å². The number of carbonyl (C=O) groups excluding carboxylic acids is 1. The average Bonchev–Trinajstić information content (AvgIpc) is 2.70. The number of rotatable bonds is 7. The highest BCUT2D eigenvalue weighted by Gasteiger charge is 2.01. The summed E-state index contributed by atoms with van der Waals surface area (Å²) in [7, 11) is 3.74. The molecule has 0 fully saturated rings. The van der Waals surface area contributed by atoms with Crippen LogP contribution in [0.3, 0.4) is 0 Å². The Morgan fingerprint density at radius 1 is 1.53 bits per heavy atom. The summed E-state index contributed by atoms with van der Waals surface area (Å²) in [4.78, 5) is 12.8. The molecular weight excluding hydrogens is 192 g/mol. The van der Waals surface area contributed by atoms with E-state index in [0.29, 0.717) is 0 Å². The second-order valence-corrected chi connectivity index (χ2v) is 3.54. The number of hydrogen-bond acceptors (Lipinski definition) is 3. The second-order valence-electron chi connectivity index (χ2n) is 3.54. The van der Waals surface area contributed by atoms with Crippen LogP contribution < -0.4 is 0 Å². The fourth-order valence-electron chi connectivity index (χ4n) is 1.38. The van der Waals surface area contributed by atoms with Gasteiger partial charge in [0.15, 0.2) is 6.29 Å². The molecule has 4 heteroatoms. The van der Waals surface area contributed by atoms with Gasteiger partial charge in [0.2, 0.25) is 0 Å². The Hall–Kier alpha value is -1.13. The summed E-state index contributed by atoms with van der Waals surface area (Å²) in [5, 5.41) is 0. The summed E-state index contributed by atoms with van der Waals surface area (Å²) in [6.45, 7) is 3.40. The van der Waals surface area contributed by atoms with Crippen molar-refractivity contribution in [1.29, 1.82) is 0 Å². The molecule has 0 amide bonds. The van der Waals surface area contributed by atoms with Crippen LogP contribution in [0.15, 0.2) is 18.3 Å². The minimum absolute atomic E-state index is 0.732. The SMILES string of the molecule is COCCN(C)CCn1cccc1C=O. The van der Waals surface area contributed by atoms with E-state index in [1.54, 1.807) is 7.11 Å². The topological polar surface area (TPSA) is 34.5 Å². The highest BCUT2D eigenvalue weighted by atomic mass is 16.5.